The van der Waals surface area contributed by atoms with Gasteiger partial charge in [0.25, 0.3) is 0 Å². The minimum Gasteiger partial charge on any atom is -0.468 e. The molecule has 1 aromatic carbocycles. The number of rotatable bonds is 10. The summed E-state index contributed by atoms with van der Waals surface area (Å²) in [6, 6.07) is 11.1. The fraction of sp³-hybridized carbons (Fsp3) is 0.143. The number of pyridine rings is 1. The van der Waals surface area contributed by atoms with Crippen LogP contribution in [0.15, 0.2) is 70.3 Å². The molecular weight excluding hydrogens is 475 g/mol. The van der Waals surface area contributed by atoms with Crippen molar-refractivity contribution in [2.75, 3.05) is 18.4 Å². The fourth-order valence-corrected chi connectivity index (χ4v) is 4.00. The number of carbonyl (C=O) groups excluding carboxylic acids is 1. The highest BCUT2D eigenvalue weighted by molar-refractivity contribution is 7.89. The molecule has 2 heterocycles. The summed E-state index contributed by atoms with van der Waals surface area (Å²) in [5.41, 5.74) is 0.681. The van der Waals surface area contributed by atoms with Gasteiger partial charge in [0.1, 0.15) is 11.6 Å². The number of nitrogens with one attached hydrogen (secondary N) is 3. The molecule has 3 aromatic rings. The lowest BCUT2D eigenvalue weighted by Crippen LogP contribution is -2.27. The molecule has 3 N–H and O–H groups in total. The largest absolute Gasteiger partial charge is 0.468 e. The monoisotopic (exact) mass is 494 g/mol. The summed E-state index contributed by atoms with van der Waals surface area (Å²) in [7, 11) is -3.67. The normalized spacial score (nSPS) is 11.6. The van der Waals surface area contributed by atoms with E-state index in [0.717, 1.165) is 0 Å². The van der Waals surface area contributed by atoms with Gasteiger partial charge in [-0.2, -0.15) is 0 Å². The van der Waals surface area contributed by atoms with Gasteiger partial charge >= 0.3 is 0 Å². The van der Waals surface area contributed by atoms with Crippen LogP contribution in [0.4, 0.5) is 5.82 Å². The van der Waals surface area contributed by atoms with E-state index in [-0.39, 0.29) is 17.3 Å². The summed E-state index contributed by atoms with van der Waals surface area (Å²) in [5, 5.41) is 6.55. The third-order valence-corrected chi connectivity index (χ3v) is 6.07. The van der Waals surface area contributed by atoms with E-state index in [4.69, 9.17) is 27.6 Å². The first kappa shape index (κ1) is 23.8. The van der Waals surface area contributed by atoms with E-state index in [1.165, 1.54) is 30.7 Å². The third-order valence-electron chi connectivity index (χ3n) is 4.16. The van der Waals surface area contributed by atoms with E-state index in [0.29, 0.717) is 40.3 Å². The Morgan fingerprint density at radius 3 is 2.59 bits per heavy atom. The van der Waals surface area contributed by atoms with E-state index >= 15 is 0 Å². The number of hydrogen-bond donors (Lipinski definition) is 3. The number of carbonyl (C=O) groups is 1. The zero-order valence-corrected chi connectivity index (χ0v) is 19.0. The lowest BCUT2D eigenvalue weighted by atomic mass is 10.2. The SMILES string of the molecule is O=C(C=Cc1ccc(S(=O)(=O)NCc2ccco2)cc1)NCCNc1ncc(Cl)cc1Cl. The number of sulfonamides is 1. The Hall–Kier alpha value is -2.85. The van der Waals surface area contributed by atoms with Crippen molar-refractivity contribution in [1.29, 1.82) is 0 Å². The number of aromatic nitrogens is 1. The summed E-state index contributed by atoms with van der Waals surface area (Å²) in [5.74, 6) is 0.704. The van der Waals surface area contributed by atoms with Crippen LogP contribution in [0.3, 0.4) is 0 Å². The highest BCUT2D eigenvalue weighted by Gasteiger charge is 2.14. The van der Waals surface area contributed by atoms with Crippen molar-refractivity contribution in [1.82, 2.24) is 15.0 Å². The Balaban J connectivity index is 1.44. The summed E-state index contributed by atoms with van der Waals surface area (Å²) < 4.78 is 32.2. The first-order valence-electron chi connectivity index (χ1n) is 9.46. The van der Waals surface area contributed by atoms with Crippen LogP contribution in [-0.4, -0.2) is 32.4 Å². The van der Waals surface area contributed by atoms with Crippen LogP contribution in [0.1, 0.15) is 11.3 Å². The highest BCUT2D eigenvalue weighted by Crippen LogP contribution is 2.22. The average molecular weight is 495 g/mol. The molecule has 168 valence electrons. The van der Waals surface area contributed by atoms with Gasteiger partial charge in [-0.3, -0.25) is 4.79 Å². The summed E-state index contributed by atoms with van der Waals surface area (Å²) in [6.07, 6.45) is 5.91. The molecule has 0 aliphatic carbocycles. The van der Waals surface area contributed by atoms with Gasteiger partial charge in [-0.15, -0.1) is 0 Å². The van der Waals surface area contributed by atoms with Gasteiger partial charge in [0.05, 0.1) is 27.7 Å². The maximum absolute atomic E-state index is 12.3. The van der Waals surface area contributed by atoms with Crippen molar-refractivity contribution < 1.29 is 17.6 Å². The average Bonchev–Trinajstić information content (AvgIpc) is 3.29. The van der Waals surface area contributed by atoms with Crippen LogP contribution in [0.25, 0.3) is 6.08 Å². The van der Waals surface area contributed by atoms with E-state index in [2.05, 4.69) is 20.3 Å². The van der Waals surface area contributed by atoms with Crippen molar-refractivity contribution >= 4 is 51.0 Å². The molecule has 0 radical (unpaired) electrons. The molecule has 32 heavy (non-hydrogen) atoms. The van der Waals surface area contributed by atoms with Crippen molar-refractivity contribution in [3.8, 4) is 0 Å². The van der Waals surface area contributed by atoms with Crippen LogP contribution in [-0.2, 0) is 21.4 Å². The van der Waals surface area contributed by atoms with Gasteiger partial charge in [0.2, 0.25) is 15.9 Å². The molecule has 0 aliphatic rings. The molecule has 1 amide bonds. The van der Waals surface area contributed by atoms with E-state index in [9.17, 15) is 13.2 Å². The Kier molecular flexibility index (Phi) is 8.29. The molecule has 3 rings (SSSR count). The maximum atomic E-state index is 12.3. The van der Waals surface area contributed by atoms with Crippen LogP contribution in [0.5, 0.6) is 0 Å². The van der Waals surface area contributed by atoms with Gasteiger partial charge in [-0.05, 0) is 42.0 Å². The minimum absolute atomic E-state index is 0.0618. The van der Waals surface area contributed by atoms with E-state index in [1.54, 1.807) is 36.4 Å². The molecule has 0 bridgehead atoms. The van der Waals surface area contributed by atoms with Gasteiger partial charge in [0.15, 0.2) is 0 Å². The number of furan rings is 1. The summed E-state index contributed by atoms with van der Waals surface area (Å²) >= 11 is 11.8. The fourth-order valence-electron chi connectivity index (χ4n) is 2.56. The van der Waals surface area contributed by atoms with Crippen LogP contribution >= 0.6 is 23.2 Å². The molecule has 0 saturated carbocycles. The molecule has 2 aromatic heterocycles. The Bertz CT molecular complexity index is 1180. The zero-order chi connectivity index (χ0) is 23.0. The lowest BCUT2D eigenvalue weighted by Gasteiger charge is -2.07. The third kappa shape index (κ3) is 7.10. The predicted octanol–water partition coefficient (Wildman–Crippen LogP) is 3.70. The van der Waals surface area contributed by atoms with Crippen molar-refractivity contribution in [2.45, 2.75) is 11.4 Å². The van der Waals surface area contributed by atoms with Gasteiger partial charge in [0, 0.05) is 25.4 Å². The second-order valence-electron chi connectivity index (χ2n) is 6.51. The quantitative estimate of drug-likeness (QED) is 0.292. The number of anilines is 1. The Morgan fingerprint density at radius 2 is 1.91 bits per heavy atom. The number of halogens is 2. The number of nitrogens with zero attached hydrogens (tertiary/aromatic N) is 1. The number of hydrogen-bond acceptors (Lipinski definition) is 6. The van der Waals surface area contributed by atoms with Gasteiger partial charge in [-0.25, -0.2) is 18.1 Å². The maximum Gasteiger partial charge on any atom is 0.244 e. The minimum atomic E-state index is -3.67. The first-order chi connectivity index (χ1) is 15.3. The molecule has 0 fully saturated rings. The van der Waals surface area contributed by atoms with Gasteiger partial charge < -0.3 is 15.1 Å². The molecule has 8 nitrogen and oxygen atoms in total. The Labute approximate surface area is 195 Å². The van der Waals surface area contributed by atoms with Crippen molar-refractivity contribution in [3.05, 3.63) is 82.4 Å². The number of benzene rings is 1. The topological polar surface area (TPSA) is 113 Å². The predicted molar refractivity (Wildman–Crippen MR) is 124 cm³/mol. The van der Waals surface area contributed by atoms with Crippen molar-refractivity contribution in [3.63, 3.8) is 0 Å². The van der Waals surface area contributed by atoms with Crippen LogP contribution in [0.2, 0.25) is 10.0 Å². The second kappa shape index (κ2) is 11.1. The smallest absolute Gasteiger partial charge is 0.244 e. The highest BCUT2D eigenvalue weighted by atomic mass is 35.5. The molecule has 0 atom stereocenters. The number of amides is 1. The lowest BCUT2D eigenvalue weighted by molar-refractivity contribution is -0.116. The molecule has 0 saturated heterocycles. The molecule has 0 unspecified atom stereocenters. The molecule has 11 heteroatoms. The van der Waals surface area contributed by atoms with E-state index in [1.807, 2.05) is 0 Å². The van der Waals surface area contributed by atoms with E-state index < -0.39 is 10.0 Å². The van der Waals surface area contributed by atoms with Gasteiger partial charge in [-0.1, -0.05) is 35.3 Å². The Morgan fingerprint density at radius 1 is 1.12 bits per heavy atom. The zero-order valence-electron chi connectivity index (χ0n) is 16.7. The summed E-state index contributed by atoms with van der Waals surface area (Å²) in [4.78, 5) is 16.1. The first-order valence-corrected chi connectivity index (χ1v) is 11.7. The second-order valence-corrected chi connectivity index (χ2v) is 9.12. The van der Waals surface area contributed by atoms with Crippen molar-refractivity contribution in [2.24, 2.45) is 0 Å². The molecule has 0 aliphatic heterocycles. The summed E-state index contributed by atoms with van der Waals surface area (Å²) in [6.45, 7) is 0.833. The van der Waals surface area contributed by atoms with Crippen LogP contribution in [0, 0.1) is 0 Å². The molecular formula is C21H20Cl2N4O4S. The van der Waals surface area contributed by atoms with Crippen LogP contribution < -0.4 is 15.4 Å². The standard InChI is InChI=1S/C21H20Cl2N4O4S/c22-16-12-19(23)21(26-13-16)25-10-9-24-20(28)8-5-15-3-6-18(7-4-15)32(29,30)27-14-17-2-1-11-31-17/h1-8,11-13,27H,9-10,14H2,(H,24,28)(H,25,26). The molecule has 0 spiro atoms.